The van der Waals surface area contributed by atoms with Gasteiger partial charge < -0.3 is 14.4 Å². The van der Waals surface area contributed by atoms with Gasteiger partial charge >= 0.3 is 0 Å². The quantitative estimate of drug-likeness (QED) is 0.734. The number of carbonyl (C=O) groups excluding carboxylic acids is 1. The molecule has 0 unspecified atom stereocenters. The van der Waals surface area contributed by atoms with Gasteiger partial charge in [-0.3, -0.25) is 4.79 Å². The SMILES string of the molecule is N#CCCN1C(=O)C2(OCCO2)[C@@H]2CCCC[C@@H]21. The van der Waals surface area contributed by atoms with E-state index in [0.717, 1.165) is 25.7 Å². The lowest BCUT2D eigenvalue weighted by Gasteiger charge is -2.32. The van der Waals surface area contributed by atoms with Gasteiger partial charge in [0.15, 0.2) is 0 Å². The second-order valence-corrected chi connectivity index (χ2v) is 5.23. The number of nitriles is 1. The molecule has 0 radical (unpaired) electrons. The van der Waals surface area contributed by atoms with E-state index in [2.05, 4.69) is 6.07 Å². The summed E-state index contributed by atoms with van der Waals surface area (Å²) < 4.78 is 11.4. The van der Waals surface area contributed by atoms with Gasteiger partial charge in [0.05, 0.1) is 25.7 Å². The van der Waals surface area contributed by atoms with E-state index in [1.807, 2.05) is 4.90 Å². The van der Waals surface area contributed by atoms with Gasteiger partial charge in [0, 0.05) is 18.5 Å². The summed E-state index contributed by atoms with van der Waals surface area (Å²) >= 11 is 0. The molecule has 5 heteroatoms. The normalized spacial score (nSPS) is 33.7. The highest BCUT2D eigenvalue weighted by Gasteiger charge is 2.63. The third kappa shape index (κ3) is 1.56. The fourth-order valence-electron chi connectivity index (χ4n) is 3.64. The average Bonchev–Trinajstić information content (AvgIpc) is 2.97. The Morgan fingerprint density at radius 1 is 1.33 bits per heavy atom. The second kappa shape index (κ2) is 4.52. The average molecular weight is 250 g/mol. The van der Waals surface area contributed by atoms with Crippen LogP contribution in [0.1, 0.15) is 32.1 Å². The monoisotopic (exact) mass is 250 g/mol. The molecule has 1 aliphatic carbocycles. The Labute approximate surface area is 107 Å². The highest BCUT2D eigenvalue weighted by molar-refractivity contribution is 5.87. The van der Waals surface area contributed by atoms with Crippen molar-refractivity contribution in [1.29, 1.82) is 5.26 Å². The van der Waals surface area contributed by atoms with Gasteiger partial charge in [0.2, 0.25) is 0 Å². The molecule has 0 aromatic heterocycles. The Kier molecular flexibility index (Phi) is 3.00. The Hall–Kier alpha value is -1.12. The third-order valence-electron chi connectivity index (χ3n) is 4.36. The van der Waals surface area contributed by atoms with Crippen molar-refractivity contribution in [3.05, 3.63) is 0 Å². The molecule has 3 aliphatic rings. The van der Waals surface area contributed by atoms with Crippen LogP contribution in [-0.4, -0.2) is 42.4 Å². The molecule has 2 heterocycles. The number of hydrogen-bond donors (Lipinski definition) is 0. The van der Waals surface area contributed by atoms with Crippen LogP contribution in [0.3, 0.4) is 0 Å². The van der Waals surface area contributed by atoms with E-state index >= 15 is 0 Å². The predicted molar refractivity (Wildman–Crippen MR) is 62.3 cm³/mol. The molecule has 0 N–H and O–H groups in total. The maximum Gasteiger partial charge on any atom is 0.283 e. The summed E-state index contributed by atoms with van der Waals surface area (Å²) in [5, 5.41) is 8.72. The van der Waals surface area contributed by atoms with Crippen molar-refractivity contribution in [2.75, 3.05) is 19.8 Å². The summed E-state index contributed by atoms with van der Waals surface area (Å²) in [5.74, 6) is -0.910. The second-order valence-electron chi connectivity index (χ2n) is 5.23. The Bertz CT molecular complexity index is 384. The molecule has 3 rings (SSSR count). The first-order valence-electron chi connectivity index (χ1n) is 6.75. The van der Waals surface area contributed by atoms with E-state index in [0.29, 0.717) is 26.2 Å². The number of likely N-dealkylation sites (tertiary alicyclic amines) is 1. The molecular formula is C13H18N2O3. The molecule has 5 nitrogen and oxygen atoms in total. The molecule has 2 aliphatic heterocycles. The molecule has 0 aromatic rings. The van der Waals surface area contributed by atoms with Crippen LogP contribution in [0, 0.1) is 17.2 Å². The van der Waals surface area contributed by atoms with Crippen LogP contribution < -0.4 is 0 Å². The van der Waals surface area contributed by atoms with E-state index in [1.165, 1.54) is 0 Å². The number of amides is 1. The Morgan fingerprint density at radius 3 is 2.78 bits per heavy atom. The maximum absolute atomic E-state index is 12.6. The number of hydrogen-bond acceptors (Lipinski definition) is 4. The standard InChI is InChI=1S/C13H18N2O3/c14-6-3-7-15-11-5-2-1-4-10(11)13(12(15)16)17-8-9-18-13/h10-11H,1-5,7-9H2/t10-,11+/m1/s1. The summed E-state index contributed by atoms with van der Waals surface area (Å²) in [5.41, 5.74) is 0. The molecule has 18 heavy (non-hydrogen) atoms. The number of rotatable bonds is 2. The predicted octanol–water partition coefficient (Wildman–Crippen LogP) is 1.04. The van der Waals surface area contributed by atoms with Crippen LogP contribution >= 0.6 is 0 Å². The zero-order valence-electron chi connectivity index (χ0n) is 10.4. The molecule has 2 atom stereocenters. The maximum atomic E-state index is 12.6. The van der Waals surface area contributed by atoms with Gasteiger partial charge in [-0.1, -0.05) is 12.8 Å². The molecule has 1 saturated carbocycles. The van der Waals surface area contributed by atoms with Crippen molar-refractivity contribution >= 4 is 5.91 Å². The molecule has 98 valence electrons. The van der Waals surface area contributed by atoms with Gasteiger partial charge in [0.25, 0.3) is 11.7 Å². The minimum absolute atomic E-state index is 0.0489. The molecule has 0 bridgehead atoms. The zero-order chi connectivity index (χ0) is 12.6. The molecular weight excluding hydrogens is 232 g/mol. The largest absolute Gasteiger partial charge is 0.339 e. The lowest BCUT2D eigenvalue weighted by Crippen LogP contribution is -2.44. The first-order chi connectivity index (χ1) is 8.79. The van der Waals surface area contributed by atoms with Crippen molar-refractivity contribution in [1.82, 2.24) is 4.90 Å². The van der Waals surface area contributed by atoms with Crippen molar-refractivity contribution in [3.8, 4) is 6.07 Å². The van der Waals surface area contributed by atoms with Crippen LogP contribution in [0.25, 0.3) is 0 Å². The summed E-state index contributed by atoms with van der Waals surface area (Å²) in [6.45, 7) is 1.51. The summed E-state index contributed by atoms with van der Waals surface area (Å²) in [6.07, 6.45) is 4.66. The minimum atomic E-state index is -1.01. The molecule has 3 fully saturated rings. The van der Waals surface area contributed by atoms with E-state index in [-0.39, 0.29) is 17.9 Å². The summed E-state index contributed by atoms with van der Waals surface area (Å²) in [7, 11) is 0. The van der Waals surface area contributed by atoms with E-state index < -0.39 is 5.79 Å². The van der Waals surface area contributed by atoms with Crippen LogP contribution in [0.4, 0.5) is 0 Å². The van der Waals surface area contributed by atoms with Gasteiger partial charge in [-0.25, -0.2) is 0 Å². The van der Waals surface area contributed by atoms with Gasteiger partial charge in [0.1, 0.15) is 0 Å². The number of nitrogens with zero attached hydrogens (tertiary/aromatic N) is 2. The van der Waals surface area contributed by atoms with Crippen molar-refractivity contribution in [2.24, 2.45) is 5.92 Å². The van der Waals surface area contributed by atoms with Gasteiger partial charge in [-0.15, -0.1) is 0 Å². The fraction of sp³-hybridized carbons (Fsp3) is 0.846. The molecule has 0 aromatic carbocycles. The van der Waals surface area contributed by atoms with E-state index in [1.54, 1.807) is 0 Å². The van der Waals surface area contributed by atoms with Crippen LogP contribution in [0.15, 0.2) is 0 Å². The van der Waals surface area contributed by atoms with Crippen molar-refractivity contribution in [3.63, 3.8) is 0 Å². The van der Waals surface area contributed by atoms with Crippen LogP contribution in [0.2, 0.25) is 0 Å². The summed E-state index contributed by atoms with van der Waals surface area (Å²) in [6, 6.07) is 2.32. The number of ether oxygens (including phenoxy) is 2. The van der Waals surface area contributed by atoms with Crippen LogP contribution in [-0.2, 0) is 14.3 Å². The fourth-order valence-corrected chi connectivity index (χ4v) is 3.64. The lowest BCUT2D eigenvalue weighted by molar-refractivity contribution is -0.194. The lowest BCUT2D eigenvalue weighted by atomic mass is 9.82. The zero-order valence-corrected chi connectivity index (χ0v) is 10.4. The smallest absolute Gasteiger partial charge is 0.283 e. The van der Waals surface area contributed by atoms with Crippen LogP contribution in [0.5, 0.6) is 0 Å². The number of carbonyl (C=O) groups is 1. The number of fused-ring (bicyclic) bond motifs is 2. The highest BCUT2D eigenvalue weighted by atomic mass is 16.7. The Balaban J connectivity index is 1.88. The molecule has 1 amide bonds. The first kappa shape index (κ1) is 11.9. The molecule has 1 spiro atoms. The third-order valence-corrected chi connectivity index (χ3v) is 4.36. The van der Waals surface area contributed by atoms with Crippen molar-refractivity contribution < 1.29 is 14.3 Å². The Morgan fingerprint density at radius 2 is 2.06 bits per heavy atom. The van der Waals surface area contributed by atoms with E-state index in [4.69, 9.17) is 14.7 Å². The minimum Gasteiger partial charge on any atom is -0.339 e. The first-order valence-corrected chi connectivity index (χ1v) is 6.75. The topological polar surface area (TPSA) is 62.6 Å². The van der Waals surface area contributed by atoms with Gasteiger partial charge in [-0.05, 0) is 12.8 Å². The summed E-state index contributed by atoms with van der Waals surface area (Å²) in [4.78, 5) is 14.4. The van der Waals surface area contributed by atoms with Crippen molar-refractivity contribution in [2.45, 2.75) is 43.9 Å². The molecule has 2 saturated heterocycles. The van der Waals surface area contributed by atoms with Gasteiger partial charge in [-0.2, -0.15) is 5.26 Å². The highest BCUT2D eigenvalue weighted by Crippen LogP contribution is 2.47. The van der Waals surface area contributed by atoms with E-state index in [9.17, 15) is 4.79 Å².